The predicted octanol–water partition coefficient (Wildman–Crippen LogP) is 3.31. The van der Waals surface area contributed by atoms with Gasteiger partial charge in [0.05, 0.1) is 0 Å². The maximum absolute atomic E-state index is 12.5. The summed E-state index contributed by atoms with van der Waals surface area (Å²) in [4.78, 5) is 12.5. The van der Waals surface area contributed by atoms with Gasteiger partial charge in [-0.2, -0.15) is 0 Å². The van der Waals surface area contributed by atoms with Crippen LogP contribution in [0.3, 0.4) is 0 Å². The summed E-state index contributed by atoms with van der Waals surface area (Å²) in [5, 5.41) is 6.23. The van der Waals surface area contributed by atoms with Gasteiger partial charge < -0.3 is 10.6 Å². The maximum Gasteiger partial charge on any atom is 0.230 e. The largest absolute Gasteiger partial charge is 0.326 e. The summed E-state index contributed by atoms with van der Waals surface area (Å²) < 4.78 is 0. The number of hydrogen-bond donors (Lipinski definition) is 2. The van der Waals surface area contributed by atoms with Crippen LogP contribution in [0.25, 0.3) is 0 Å². The van der Waals surface area contributed by atoms with E-state index in [9.17, 15) is 4.79 Å². The van der Waals surface area contributed by atoms with Crippen LogP contribution in [0.2, 0.25) is 0 Å². The fourth-order valence-electron chi connectivity index (χ4n) is 3.02. The molecule has 104 valence electrons. The number of rotatable bonds is 5. The van der Waals surface area contributed by atoms with Gasteiger partial charge in [-0.05, 0) is 44.0 Å². The van der Waals surface area contributed by atoms with Gasteiger partial charge in [0.15, 0.2) is 0 Å². The van der Waals surface area contributed by atoms with E-state index in [1.807, 2.05) is 25.2 Å². The molecule has 1 aromatic rings. The van der Waals surface area contributed by atoms with Crippen LogP contribution in [-0.2, 0) is 11.3 Å². The predicted molar refractivity (Wildman–Crippen MR) is 79.0 cm³/mol. The Morgan fingerprint density at radius 3 is 2.68 bits per heavy atom. The molecule has 2 rings (SSSR count). The molecule has 3 nitrogen and oxygen atoms in total. The zero-order chi connectivity index (χ0) is 13.7. The zero-order valence-electron chi connectivity index (χ0n) is 12.0. The summed E-state index contributed by atoms with van der Waals surface area (Å²) in [6.45, 7) is 2.95. The Morgan fingerprint density at radius 2 is 2.05 bits per heavy atom. The van der Waals surface area contributed by atoms with Gasteiger partial charge in [-0.1, -0.05) is 31.9 Å². The van der Waals surface area contributed by atoms with Crippen LogP contribution in [0.15, 0.2) is 24.3 Å². The van der Waals surface area contributed by atoms with Crippen LogP contribution in [0, 0.1) is 5.41 Å². The molecule has 1 aliphatic carbocycles. The smallest absolute Gasteiger partial charge is 0.230 e. The van der Waals surface area contributed by atoms with E-state index in [1.54, 1.807) is 0 Å². The van der Waals surface area contributed by atoms with Crippen LogP contribution < -0.4 is 10.6 Å². The first-order valence-corrected chi connectivity index (χ1v) is 7.25. The number of nitrogens with one attached hydrogen (secondary N) is 2. The molecule has 0 unspecified atom stereocenters. The molecule has 0 radical (unpaired) electrons. The minimum Gasteiger partial charge on any atom is -0.326 e. The summed E-state index contributed by atoms with van der Waals surface area (Å²) in [6.07, 6.45) is 5.37. The van der Waals surface area contributed by atoms with Crippen LogP contribution >= 0.6 is 0 Å². The minimum absolute atomic E-state index is 0.126. The van der Waals surface area contributed by atoms with Crippen molar-refractivity contribution in [3.63, 3.8) is 0 Å². The van der Waals surface area contributed by atoms with Gasteiger partial charge in [-0.15, -0.1) is 0 Å². The van der Waals surface area contributed by atoms with E-state index in [0.717, 1.165) is 31.5 Å². The highest BCUT2D eigenvalue weighted by molar-refractivity contribution is 5.95. The lowest BCUT2D eigenvalue weighted by atomic mass is 9.82. The van der Waals surface area contributed by atoms with E-state index in [2.05, 4.69) is 23.6 Å². The Labute approximate surface area is 115 Å². The molecule has 1 saturated carbocycles. The lowest BCUT2D eigenvalue weighted by Crippen LogP contribution is -2.33. The van der Waals surface area contributed by atoms with Gasteiger partial charge in [0, 0.05) is 17.6 Å². The molecule has 1 aromatic carbocycles. The average Bonchev–Trinajstić information content (AvgIpc) is 2.89. The lowest BCUT2D eigenvalue weighted by Gasteiger charge is -2.26. The van der Waals surface area contributed by atoms with E-state index >= 15 is 0 Å². The Morgan fingerprint density at radius 1 is 1.32 bits per heavy atom. The van der Waals surface area contributed by atoms with E-state index in [4.69, 9.17) is 0 Å². The Bertz CT molecular complexity index is 436. The molecule has 1 aliphatic rings. The topological polar surface area (TPSA) is 41.1 Å². The summed E-state index contributed by atoms with van der Waals surface area (Å²) in [5.41, 5.74) is 1.98. The third-order valence-corrected chi connectivity index (χ3v) is 4.28. The van der Waals surface area contributed by atoms with Crippen LogP contribution in [0.1, 0.15) is 44.6 Å². The number of amides is 1. The van der Waals surface area contributed by atoms with Gasteiger partial charge >= 0.3 is 0 Å². The normalized spacial score (nSPS) is 17.4. The van der Waals surface area contributed by atoms with Crippen molar-refractivity contribution in [2.45, 2.75) is 45.6 Å². The standard InChI is InChI=1S/C16H24N2O/c1-3-16(9-4-5-10-16)15(19)18-14-8-6-7-13(11-14)12-17-2/h6-8,11,17H,3-5,9-10,12H2,1-2H3,(H,18,19). The van der Waals surface area contributed by atoms with Crippen molar-refractivity contribution in [1.82, 2.24) is 5.32 Å². The summed E-state index contributed by atoms with van der Waals surface area (Å²) in [5.74, 6) is 0.203. The maximum atomic E-state index is 12.5. The second-order valence-electron chi connectivity index (χ2n) is 5.53. The monoisotopic (exact) mass is 260 g/mol. The van der Waals surface area contributed by atoms with Gasteiger partial charge in [-0.25, -0.2) is 0 Å². The molecular formula is C16H24N2O. The SMILES string of the molecule is CCC1(C(=O)Nc2cccc(CNC)c2)CCCC1. The highest BCUT2D eigenvalue weighted by Crippen LogP contribution is 2.41. The zero-order valence-corrected chi connectivity index (χ0v) is 12.0. The third kappa shape index (κ3) is 3.16. The molecule has 19 heavy (non-hydrogen) atoms. The Kier molecular flexibility index (Phi) is 4.59. The van der Waals surface area contributed by atoms with Crippen molar-refractivity contribution in [3.05, 3.63) is 29.8 Å². The van der Waals surface area contributed by atoms with Crippen LogP contribution in [0.4, 0.5) is 5.69 Å². The summed E-state index contributed by atoms with van der Waals surface area (Å²) in [7, 11) is 1.93. The number of carbonyl (C=O) groups is 1. The van der Waals surface area contributed by atoms with Crippen molar-refractivity contribution < 1.29 is 4.79 Å². The molecule has 1 amide bonds. The molecule has 2 N–H and O–H groups in total. The second kappa shape index (κ2) is 6.20. The Hall–Kier alpha value is -1.35. The van der Waals surface area contributed by atoms with Crippen LogP contribution in [0.5, 0.6) is 0 Å². The first kappa shape index (κ1) is 14.1. The number of hydrogen-bond acceptors (Lipinski definition) is 2. The fourth-order valence-corrected chi connectivity index (χ4v) is 3.02. The fraction of sp³-hybridized carbons (Fsp3) is 0.562. The highest BCUT2D eigenvalue weighted by Gasteiger charge is 2.39. The average molecular weight is 260 g/mol. The first-order valence-electron chi connectivity index (χ1n) is 7.25. The summed E-state index contributed by atoms with van der Waals surface area (Å²) >= 11 is 0. The van der Waals surface area contributed by atoms with Gasteiger partial charge in [0.2, 0.25) is 5.91 Å². The van der Waals surface area contributed by atoms with E-state index < -0.39 is 0 Å². The number of carbonyl (C=O) groups excluding carboxylic acids is 1. The van der Waals surface area contributed by atoms with Gasteiger partial charge in [0.1, 0.15) is 0 Å². The quantitative estimate of drug-likeness (QED) is 0.852. The lowest BCUT2D eigenvalue weighted by molar-refractivity contribution is -0.125. The Balaban J connectivity index is 2.07. The highest BCUT2D eigenvalue weighted by atomic mass is 16.2. The van der Waals surface area contributed by atoms with Crippen molar-refractivity contribution in [2.75, 3.05) is 12.4 Å². The van der Waals surface area contributed by atoms with Crippen molar-refractivity contribution >= 4 is 11.6 Å². The van der Waals surface area contributed by atoms with Crippen molar-refractivity contribution in [3.8, 4) is 0 Å². The van der Waals surface area contributed by atoms with Crippen molar-refractivity contribution in [1.29, 1.82) is 0 Å². The minimum atomic E-state index is -0.126. The second-order valence-corrected chi connectivity index (χ2v) is 5.53. The molecule has 0 atom stereocenters. The third-order valence-electron chi connectivity index (χ3n) is 4.28. The molecule has 0 saturated heterocycles. The molecule has 3 heteroatoms. The molecule has 0 bridgehead atoms. The molecule has 0 aromatic heterocycles. The number of benzene rings is 1. The van der Waals surface area contributed by atoms with E-state index in [0.29, 0.717) is 0 Å². The number of anilines is 1. The van der Waals surface area contributed by atoms with Crippen molar-refractivity contribution in [2.24, 2.45) is 5.41 Å². The van der Waals surface area contributed by atoms with Gasteiger partial charge in [0.25, 0.3) is 0 Å². The first-order chi connectivity index (χ1) is 9.20. The van der Waals surface area contributed by atoms with Gasteiger partial charge in [-0.3, -0.25) is 4.79 Å². The molecular weight excluding hydrogens is 236 g/mol. The van der Waals surface area contributed by atoms with E-state index in [1.165, 1.54) is 18.4 Å². The van der Waals surface area contributed by atoms with E-state index in [-0.39, 0.29) is 11.3 Å². The molecule has 0 heterocycles. The molecule has 0 aliphatic heterocycles. The van der Waals surface area contributed by atoms with Crippen LogP contribution in [-0.4, -0.2) is 13.0 Å². The summed E-state index contributed by atoms with van der Waals surface area (Å²) in [6, 6.07) is 8.08. The molecule has 1 fully saturated rings. The molecule has 0 spiro atoms.